The molecule has 24 heavy (non-hydrogen) atoms. The number of aliphatic hydroxyl groups excluding tert-OH is 1. The molecule has 124 valence electrons. The number of nitrogens with one attached hydrogen (secondary N) is 1. The second kappa shape index (κ2) is 5.60. The third-order valence-corrected chi connectivity index (χ3v) is 5.74. The number of nitriles is 1. The number of H-pyrrole nitrogens is 1. The average Bonchev–Trinajstić information content (AvgIpc) is 2.58. The molecule has 2 aromatic heterocycles. The van der Waals surface area contributed by atoms with Crippen molar-refractivity contribution in [3.05, 3.63) is 34.4 Å². The van der Waals surface area contributed by atoms with Crippen LogP contribution in [0, 0.1) is 22.7 Å². The van der Waals surface area contributed by atoms with Crippen LogP contribution in [0.2, 0.25) is 0 Å². The molecule has 1 saturated heterocycles. The first-order valence-corrected chi connectivity index (χ1v) is 8.42. The first-order valence-electron chi connectivity index (χ1n) is 8.42. The van der Waals surface area contributed by atoms with E-state index in [0.29, 0.717) is 16.8 Å². The minimum Gasteiger partial charge on any atom is -0.396 e. The zero-order valence-corrected chi connectivity index (χ0v) is 13.5. The minimum absolute atomic E-state index is 0.187. The molecule has 2 N–H and O–H groups in total. The molecule has 1 aliphatic heterocycles. The zero-order chi connectivity index (χ0) is 16.7. The number of piperidine rings is 1. The highest BCUT2D eigenvalue weighted by atomic mass is 16.3. The fourth-order valence-corrected chi connectivity index (χ4v) is 4.47. The van der Waals surface area contributed by atoms with Crippen molar-refractivity contribution in [3.63, 3.8) is 0 Å². The van der Waals surface area contributed by atoms with Crippen molar-refractivity contribution in [2.75, 3.05) is 24.6 Å². The van der Waals surface area contributed by atoms with Crippen LogP contribution in [0.5, 0.6) is 0 Å². The van der Waals surface area contributed by atoms with Gasteiger partial charge in [0.05, 0.1) is 17.4 Å². The van der Waals surface area contributed by atoms with E-state index in [1.807, 2.05) is 6.07 Å². The monoisotopic (exact) mass is 324 g/mol. The lowest BCUT2D eigenvalue weighted by molar-refractivity contribution is -0.00294. The molecular formula is C18H20N4O2. The van der Waals surface area contributed by atoms with E-state index < -0.39 is 0 Å². The summed E-state index contributed by atoms with van der Waals surface area (Å²) in [5.74, 6) is 0.456. The normalized spacial score (nSPS) is 20.1. The Kier molecular flexibility index (Phi) is 3.54. The number of hydrogen-bond donors (Lipinski definition) is 2. The topological polar surface area (TPSA) is 93.0 Å². The van der Waals surface area contributed by atoms with Gasteiger partial charge in [-0.2, -0.15) is 5.26 Å². The standard InChI is InChI=1S/C18H20N4O2/c19-9-14-16(13-1-4-20-10-15(13)21-17(14)24)22-5-2-18(3-6-22)7-12(8-18)11-23/h1,4,10,12,23H,2-3,5-8,11H2,(H,21,24). The van der Waals surface area contributed by atoms with Gasteiger partial charge in [-0.25, -0.2) is 0 Å². The number of fused-ring (bicyclic) bond motifs is 1. The van der Waals surface area contributed by atoms with Gasteiger partial charge in [-0.15, -0.1) is 0 Å². The Morgan fingerprint density at radius 2 is 2.17 bits per heavy atom. The summed E-state index contributed by atoms with van der Waals surface area (Å²) in [6.07, 6.45) is 7.62. The maximum Gasteiger partial charge on any atom is 0.268 e. The molecule has 0 unspecified atom stereocenters. The Morgan fingerprint density at radius 3 is 2.83 bits per heavy atom. The molecule has 4 rings (SSSR count). The maximum atomic E-state index is 12.2. The number of rotatable bonds is 2. The molecule has 3 heterocycles. The highest BCUT2D eigenvalue weighted by Crippen LogP contribution is 2.52. The number of anilines is 1. The Bertz CT molecular complexity index is 867. The molecule has 0 bridgehead atoms. The SMILES string of the molecule is N#Cc1c(N2CCC3(CC2)CC(CO)C3)c2ccncc2[nH]c1=O. The summed E-state index contributed by atoms with van der Waals surface area (Å²) < 4.78 is 0. The lowest BCUT2D eigenvalue weighted by Gasteiger charge is -2.52. The molecule has 1 saturated carbocycles. The number of pyridine rings is 2. The van der Waals surface area contributed by atoms with Gasteiger partial charge in [0.15, 0.2) is 0 Å². The maximum absolute atomic E-state index is 12.2. The van der Waals surface area contributed by atoms with Gasteiger partial charge < -0.3 is 15.0 Å². The van der Waals surface area contributed by atoms with E-state index in [2.05, 4.69) is 20.9 Å². The Hall–Kier alpha value is -2.39. The van der Waals surface area contributed by atoms with Crippen molar-refractivity contribution in [2.24, 2.45) is 11.3 Å². The van der Waals surface area contributed by atoms with Crippen LogP contribution in [0.3, 0.4) is 0 Å². The lowest BCUT2D eigenvalue weighted by Crippen LogP contribution is -2.48. The highest BCUT2D eigenvalue weighted by Gasteiger charge is 2.45. The van der Waals surface area contributed by atoms with Gasteiger partial charge in [-0.05, 0) is 43.1 Å². The lowest BCUT2D eigenvalue weighted by atomic mass is 9.58. The van der Waals surface area contributed by atoms with E-state index in [9.17, 15) is 15.2 Å². The van der Waals surface area contributed by atoms with Crippen LogP contribution in [0.15, 0.2) is 23.3 Å². The molecule has 1 aliphatic carbocycles. The third-order valence-electron chi connectivity index (χ3n) is 5.74. The fraction of sp³-hybridized carbons (Fsp3) is 0.500. The van der Waals surface area contributed by atoms with E-state index in [-0.39, 0.29) is 17.7 Å². The summed E-state index contributed by atoms with van der Waals surface area (Å²) in [5.41, 5.74) is 1.60. The predicted molar refractivity (Wildman–Crippen MR) is 90.8 cm³/mol. The van der Waals surface area contributed by atoms with E-state index >= 15 is 0 Å². The van der Waals surface area contributed by atoms with Gasteiger partial charge in [0.1, 0.15) is 11.6 Å². The van der Waals surface area contributed by atoms with Gasteiger partial charge >= 0.3 is 0 Å². The largest absolute Gasteiger partial charge is 0.396 e. The number of nitrogens with zero attached hydrogens (tertiary/aromatic N) is 3. The van der Waals surface area contributed by atoms with Crippen molar-refractivity contribution < 1.29 is 5.11 Å². The molecule has 0 aromatic carbocycles. The molecule has 6 nitrogen and oxygen atoms in total. The quantitative estimate of drug-likeness (QED) is 0.878. The molecular weight excluding hydrogens is 304 g/mol. The van der Waals surface area contributed by atoms with E-state index in [0.717, 1.165) is 49.8 Å². The number of aliphatic hydroxyl groups is 1. The van der Waals surface area contributed by atoms with E-state index in [1.165, 1.54) is 0 Å². The average molecular weight is 324 g/mol. The van der Waals surface area contributed by atoms with Gasteiger partial charge in [0, 0.05) is 31.3 Å². The van der Waals surface area contributed by atoms with Gasteiger partial charge in [0.25, 0.3) is 5.56 Å². The van der Waals surface area contributed by atoms with Crippen molar-refractivity contribution in [1.82, 2.24) is 9.97 Å². The van der Waals surface area contributed by atoms with Crippen LogP contribution >= 0.6 is 0 Å². The molecule has 0 amide bonds. The molecule has 2 aliphatic rings. The molecule has 6 heteroatoms. The number of aromatic amines is 1. The Labute approximate surface area is 139 Å². The van der Waals surface area contributed by atoms with Crippen molar-refractivity contribution in [2.45, 2.75) is 25.7 Å². The molecule has 0 radical (unpaired) electrons. The fourth-order valence-electron chi connectivity index (χ4n) is 4.47. The van der Waals surface area contributed by atoms with Gasteiger partial charge in [0.2, 0.25) is 0 Å². The van der Waals surface area contributed by atoms with Gasteiger partial charge in [-0.1, -0.05) is 0 Å². The number of aromatic nitrogens is 2. The summed E-state index contributed by atoms with van der Waals surface area (Å²) in [4.78, 5) is 21.2. The first kappa shape index (κ1) is 15.2. The summed E-state index contributed by atoms with van der Waals surface area (Å²) in [6, 6.07) is 3.94. The molecule has 0 atom stereocenters. The molecule has 2 aromatic rings. The summed E-state index contributed by atoms with van der Waals surface area (Å²) in [5, 5.41) is 19.6. The summed E-state index contributed by atoms with van der Waals surface area (Å²) in [6.45, 7) is 1.97. The molecule has 2 fully saturated rings. The second-order valence-corrected chi connectivity index (χ2v) is 7.15. The highest BCUT2D eigenvalue weighted by molar-refractivity contribution is 5.93. The zero-order valence-electron chi connectivity index (χ0n) is 13.5. The van der Waals surface area contributed by atoms with Crippen LogP contribution in [0.1, 0.15) is 31.2 Å². The first-order chi connectivity index (χ1) is 11.7. The van der Waals surface area contributed by atoms with E-state index in [1.54, 1.807) is 12.4 Å². The van der Waals surface area contributed by atoms with Crippen molar-refractivity contribution in [3.8, 4) is 6.07 Å². The van der Waals surface area contributed by atoms with Crippen LogP contribution in [0.25, 0.3) is 10.9 Å². The minimum atomic E-state index is -0.350. The number of hydrogen-bond acceptors (Lipinski definition) is 5. The summed E-state index contributed by atoms with van der Waals surface area (Å²) >= 11 is 0. The van der Waals surface area contributed by atoms with Crippen LogP contribution in [-0.2, 0) is 0 Å². The van der Waals surface area contributed by atoms with E-state index in [4.69, 9.17) is 0 Å². The van der Waals surface area contributed by atoms with Crippen LogP contribution in [0.4, 0.5) is 5.69 Å². The Morgan fingerprint density at radius 1 is 1.42 bits per heavy atom. The van der Waals surface area contributed by atoms with Crippen LogP contribution in [-0.4, -0.2) is 34.8 Å². The predicted octanol–water partition coefficient (Wildman–Crippen LogP) is 1.78. The molecule has 1 spiro atoms. The Balaban J connectivity index is 1.68. The third kappa shape index (κ3) is 2.28. The second-order valence-electron chi connectivity index (χ2n) is 7.15. The smallest absolute Gasteiger partial charge is 0.268 e. The summed E-state index contributed by atoms with van der Waals surface area (Å²) in [7, 11) is 0. The van der Waals surface area contributed by atoms with Crippen molar-refractivity contribution >= 4 is 16.6 Å². The van der Waals surface area contributed by atoms with Crippen molar-refractivity contribution in [1.29, 1.82) is 5.26 Å². The van der Waals surface area contributed by atoms with Gasteiger partial charge in [-0.3, -0.25) is 9.78 Å². The van der Waals surface area contributed by atoms with Crippen LogP contribution < -0.4 is 10.5 Å².